The first-order valence-electron chi connectivity index (χ1n) is 13.7. The Morgan fingerprint density at radius 1 is 0.968 bits per heavy atom. The van der Waals surface area contributed by atoms with Crippen LogP contribution in [0, 0.1) is 11.3 Å². The van der Waals surface area contributed by atoms with Crippen molar-refractivity contribution in [2.24, 2.45) is 11.3 Å². The fourth-order valence-corrected chi connectivity index (χ4v) is 4.81. The van der Waals surface area contributed by atoms with Crippen molar-refractivity contribution < 1.29 is 9.47 Å². The van der Waals surface area contributed by atoms with Crippen molar-refractivity contribution in [3.05, 3.63) is 0 Å². The van der Waals surface area contributed by atoms with E-state index in [4.69, 9.17) is 9.47 Å². The second kappa shape index (κ2) is 18.3. The summed E-state index contributed by atoms with van der Waals surface area (Å²) in [6, 6.07) is 0. The molecule has 0 spiro atoms. The molecule has 1 aliphatic heterocycles. The Bertz CT molecular complexity index is 403. The van der Waals surface area contributed by atoms with Gasteiger partial charge < -0.3 is 14.8 Å². The Morgan fingerprint density at radius 3 is 2.39 bits per heavy atom. The minimum absolute atomic E-state index is 0.325. The van der Waals surface area contributed by atoms with Crippen LogP contribution >= 0.6 is 0 Å². The average Bonchev–Trinajstić information content (AvgIpc) is 2.78. The standard InChI is InChI=1S/C27H56N2O2/c1-6-10-12-15-27(5,14-11-7-2)16-13-19-30-20-17-29-18-21-31-26(24-29)23-28-22-25(8-3)9-4/h25-26,28H,6-24H2,1-5H3. The molecule has 31 heavy (non-hydrogen) atoms. The highest BCUT2D eigenvalue weighted by Gasteiger charge is 2.23. The molecule has 1 saturated heterocycles. The SMILES string of the molecule is CCCCCC(C)(CCCC)CCCOCCN1CCOC(CNCC(CC)CC)C1. The third-order valence-electron chi connectivity index (χ3n) is 7.32. The molecule has 1 fully saturated rings. The summed E-state index contributed by atoms with van der Waals surface area (Å²) in [7, 11) is 0. The van der Waals surface area contributed by atoms with Crippen LogP contribution < -0.4 is 5.32 Å². The van der Waals surface area contributed by atoms with Gasteiger partial charge in [-0.1, -0.05) is 79.6 Å². The van der Waals surface area contributed by atoms with E-state index in [1.54, 1.807) is 0 Å². The molecule has 1 rings (SSSR count). The maximum absolute atomic E-state index is 6.04. The molecular weight excluding hydrogens is 384 g/mol. The summed E-state index contributed by atoms with van der Waals surface area (Å²) in [4.78, 5) is 2.52. The van der Waals surface area contributed by atoms with Crippen LogP contribution in [0.5, 0.6) is 0 Å². The monoisotopic (exact) mass is 440 g/mol. The minimum Gasteiger partial charge on any atom is -0.380 e. The summed E-state index contributed by atoms with van der Waals surface area (Å²) in [6.07, 6.45) is 14.9. The normalized spacial score (nSPS) is 19.7. The number of unbranched alkanes of at least 4 members (excludes halogenated alkanes) is 3. The van der Waals surface area contributed by atoms with Crippen molar-refractivity contribution in [3.8, 4) is 0 Å². The van der Waals surface area contributed by atoms with Gasteiger partial charge in [-0.3, -0.25) is 4.90 Å². The van der Waals surface area contributed by atoms with Crippen molar-refractivity contribution in [1.29, 1.82) is 0 Å². The lowest BCUT2D eigenvalue weighted by Crippen LogP contribution is -2.48. The van der Waals surface area contributed by atoms with Gasteiger partial charge in [0, 0.05) is 32.8 Å². The van der Waals surface area contributed by atoms with Crippen molar-refractivity contribution in [1.82, 2.24) is 10.2 Å². The molecule has 0 aromatic rings. The molecule has 2 unspecified atom stereocenters. The van der Waals surface area contributed by atoms with Crippen LogP contribution in [-0.4, -0.2) is 63.5 Å². The molecule has 0 amide bonds. The maximum atomic E-state index is 6.04. The zero-order chi connectivity index (χ0) is 22.8. The minimum atomic E-state index is 0.325. The highest BCUT2D eigenvalue weighted by molar-refractivity contribution is 4.75. The lowest BCUT2D eigenvalue weighted by atomic mass is 9.76. The second-order valence-electron chi connectivity index (χ2n) is 10.2. The number of rotatable bonds is 20. The van der Waals surface area contributed by atoms with Gasteiger partial charge in [-0.15, -0.1) is 0 Å². The van der Waals surface area contributed by atoms with Crippen LogP contribution in [0.4, 0.5) is 0 Å². The van der Waals surface area contributed by atoms with E-state index in [1.807, 2.05) is 0 Å². The topological polar surface area (TPSA) is 33.7 Å². The van der Waals surface area contributed by atoms with Gasteiger partial charge >= 0.3 is 0 Å². The average molecular weight is 441 g/mol. The quantitative estimate of drug-likeness (QED) is 0.226. The number of nitrogens with zero attached hydrogens (tertiary/aromatic N) is 1. The number of hydrogen-bond donors (Lipinski definition) is 1. The zero-order valence-electron chi connectivity index (χ0n) is 21.9. The van der Waals surface area contributed by atoms with E-state index < -0.39 is 0 Å². The number of nitrogens with one attached hydrogen (secondary N) is 1. The van der Waals surface area contributed by atoms with Gasteiger partial charge in [-0.25, -0.2) is 0 Å². The van der Waals surface area contributed by atoms with E-state index in [1.165, 1.54) is 70.6 Å². The van der Waals surface area contributed by atoms with Crippen LogP contribution in [0.25, 0.3) is 0 Å². The van der Waals surface area contributed by atoms with Gasteiger partial charge in [0.15, 0.2) is 0 Å². The Hall–Kier alpha value is -0.160. The Kier molecular flexibility index (Phi) is 17.0. The lowest BCUT2D eigenvalue weighted by molar-refractivity contribution is -0.0354. The predicted molar refractivity (Wildman–Crippen MR) is 135 cm³/mol. The van der Waals surface area contributed by atoms with Gasteiger partial charge in [0.05, 0.1) is 19.3 Å². The van der Waals surface area contributed by atoms with Crippen LogP contribution in [0.3, 0.4) is 0 Å². The largest absolute Gasteiger partial charge is 0.380 e. The fraction of sp³-hybridized carbons (Fsp3) is 1.00. The molecule has 1 heterocycles. The van der Waals surface area contributed by atoms with E-state index in [-0.39, 0.29) is 0 Å². The molecule has 4 heteroatoms. The van der Waals surface area contributed by atoms with E-state index >= 15 is 0 Å². The highest BCUT2D eigenvalue weighted by Crippen LogP contribution is 2.35. The third-order valence-corrected chi connectivity index (χ3v) is 7.32. The van der Waals surface area contributed by atoms with E-state index in [9.17, 15) is 0 Å². The second-order valence-corrected chi connectivity index (χ2v) is 10.2. The molecular formula is C27H56N2O2. The van der Waals surface area contributed by atoms with Crippen LogP contribution in [0.2, 0.25) is 0 Å². The van der Waals surface area contributed by atoms with E-state index in [0.717, 1.165) is 58.5 Å². The first-order valence-corrected chi connectivity index (χ1v) is 13.7. The molecule has 0 aromatic heterocycles. The van der Waals surface area contributed by atoms with E-state index in [2.05, 4.69) is 44.8 Å². The zero-order valence-corrected chi connectivity index (χ0v) is 21.9. The third kappa shape index (κ3) is 13.9. The molecule has 0 radical (unpaired) electrons. The van der Waals surface area contributed by atoms with Crippen molar-refractivity contribution in [3.63, 3.8) is 0 Å². The Morgan fingerprint density at radius 2 is 1.68 bits per heavy atom. The van der Waals surface area contributed by atoms with Gasteiger partial charge in [0.1, 0.15) is 0 Å². The van der Waals surface area contributed by atoms with Crippen LogP contribution in [0.1, 0.15) is 105 Å². The molecule has 0 saturated carbocycles. The van der Waals surface area contributed by atoms with Crippen LogP contribution in [0.15, 0.2) is 0 Å². The number of hydrogen-bond acceptors (Lipinski definition) is 4. The first-order chi connectivity index (χ1) is 15.1. The van der Waals surface area contributed by atoms with Crippen LogP contribution in [-0.2, 0) is 9.47 Å². The van der Waals surface area contributed by atoms with Crippen molar-refractivity contribution in [2.45, 2.75) is 111 Å². The Labute approximate surface area is 195 Å². The van der Waals surface area contributed by atoms with Gasteiger partial charge in [-0.2, -0.15) is 0 Å². The smallest absolute Gasteiger partial charge is 0.0826 e. The van der Waals surface area contributed by atoms with Gasteiger partial charge in [0.25, 0.3) is 0 Å². The summed E-state index contributed by atoms with van der Waals surface area (Å²) in [6.45, 7) is 19.5. The molecule has 0 aromatic carbocycles. The maximum Gasteiger partial charge on any atom is 0.0826 e. The molecule has 0 bridgehead atoms. The summed E-state index contributed by atoms with van der Waals surface area (Å²) in [5, 5.41) is 3.63. The molecule has 1 aliphatic rings. The number of ether oxygens (including phenoxy) is 2. The molecule has 2 atom stereocenters. The molecule has 1 N–H and O–H groups in total. The number of morpholine rings is 1. The summed E-state index contributed by atoms with van der Waals surface area (Å²) < 4.78 is 12.0. The van der Waals surface area contributed by atoms with Crippen molar-refractivity contribution >= 4 is 0 Å². The lowest BCUT2D eigenvalue weighted by Gasteiger charge is -2.33. The highest BCUT2D eigenvalue weighted by atomic mass is 16.5. The summed E-state index contributed by atoms with van der Waals surface area (Å²) in [5.41, 5.74) is 0.521. The van der Waals surface area contributed by atoms with Gasteiger partial charge in [0.2, 0.25) is 0 Å². The first kappa shape index (κ1) is 28.9. The molecule has 4 nitrogen and oxygen atoms in total. The van der Waals surface area contributed by atoms with E-state index in [0.29, 0.717) is 11.5 Å². The predicted octanol–water partition coefficient (Wildman–Crippen LogP) is 6.29. The summed E-state index contributed by atoms with van der Waals surface area (Å²) in [5.74, 6) is 0.795. The molecule has 0 aliphatic carbocycles. The van der Waals surface area contributed by atoms with Crippen molar-refractivity contribution in [2.75, 3.05) is 52.5 Å². The summed E-state index contributed by atoms with van der Waals surface area (Å²) >= 11 is 0. The van der Waals surface area contributed by atoms with Gasteiger partial charge in [-0.05, 0) is 43.6 Å². The molecule has 186 valence electrons. The fourth-order valence-electron chi connectivity index (χ4n) is 4.81. The Balaban J connectivity index is 2.16.